The SMILES string of the molecule is O=C(C1CCCN(C2CCN(c3nc(CO)cs3)CC2)C1)N1CCOCC1. The Morgan fingerprint density at radius 1 is 1.19 bits per heavy atom. The lowest BCUT2D eigenvalue weighted by atomic mass is 9.93. The number of likely N-dealkylation sites (tertiary alicyclic amines) is 1. The number of aliphatic hydroxyl groups is 1. The van der Waals surface area contributed by atoms with E-state index in [1.54, 1.807) is 11.3 Å². The van der Waals surface area contributed by atoms with Crippen LogP contribution in [0.2, 0.25) is 0 Å². The van der Waals surface area contributed by atoms with Crippen molar-refractivity contribution in [2.24, 2.45) is 5.92 Å². The molecule has 0 spiro atoms. The first-order chi connectivity index (χ1) is 13.2. The summed E-state index contributed by atoms with van der Waals surface area (Å²) >= 11 is 1.62. The van der Waals surface area contributed by atoms with E-state index in [0.717, 1.165) is 75.8 Å². The van der Waals surface area contributed by atoms with E-state index in [1.807, 2.05) is 10.3 Å². The van der Waals surface area contributed by atoms with Crippen LogP contribution >= 0.6 is 11.3 Å². The highest BCUT2D eigenvalue weighted by atomic mass is 32.1. The van der Waals surface area contributed by atoms with Crippen LogP contribution in [0.4, 0.5) is 5.13 Å². The number of hydrogen-bond donors (Lipinski definition) is 1. The highest BCUT2D eigenvalue weighted by Gasteiger charge is 2.34. The number of nitrogens with zero attached hydrogens (tertiary/aromatic N) is 4. The molecule has 0 aliphatic carbocycles. The topological polar surface area (TPSA) is 69.1 Å². The number of hydrogen-bond acceptors (Lipinski definition) is 7. The maximum absolute atomic E-state index is 12.9. The second kappa shape index (κ2) is 8.86. The van der Waals surface area contributed by atoms with Gasteiger partial charge in [0.2, 0.25) is 5.91 Å². The molecule has 0 aromatic carbocycles. The van der Waals surface area contributed by atoms with E-state index in [2.05, 4.69) is 14.8 Å². The first kappa shape index (κ1) is 19.1. The molecular formula is C19H30N4O3S. The fourth-order valence-electron chi connectivity index (χ4n) is 4.52. The molecule has 3 fully saturated rings. The summed E-state index contributed by atoms with van der Waals surface area (Å²) in [6, 6.07) is 0.568. The number of amides is 1. The van der Waals surface area contributed by atoms with Crippen LogP contribution in [-0.2, 0) is 16.1 Å². The van der Waals surface area contributed by atoms with Crippen LogP contribution < -0.4 is 4.90 Å². The van der Waals surface area contributed by atoms with Gasteiger partial charge in [-0.05, 0) is 32.2 Å². The van der Waals surface area contributed by atoms with Crippen molar-refractivity contribution in [3.63, 3.8) is 0 Å². The van der Waals surface area contributed by atoms with E-state index in [1.165, 1.54) is 0 Å². The molecule has 1 amide bonds. The average Bonchev–Trinajstić information content (AvgIpc) is 3.23. The Labute approximate surface area is 164 Å². The minimum atomic E-state index is 0.0132. The maximum Gasteiger partial charge on any atom is 0.227 e. The normalized spacial score (nSPS) is 25.7. The van der Waals surface area contributed by atoms with E-state index in [0.29, 0.717) is 25.2 Å². The highest BCUT2D eigenvalue weighted by molar-refractivity contribution is 7.13. The molecule has 0 saturated carbocycles. The molecule has 0 bridgehead atoms. The maximum atomic E-state index is 12.9. The second-order valence-electron chi connectivity index (χ2n) is 7.77. The molecule has 27 heavy (non-hydrogen) atoms. The number of aliphatic hydroxyl groups excluding tert-OH is 1. The van der Waals surface area contributed by atoms with Gasteiger partial charge in [-0.3, -0.25) is 9.69 Å². The van der Waals surface area contributed by atoms with E-state index in [-0.39, 0.29) is 12.5 Å². The second-order valence-corrected chi connectivity index (χ2v) is 8.61. The van der Waals surface area contributed by atoms with Gasteiger partial charge in [-0.25, -0.2) is 4.98 Å². The zero-order chi connectivity index (χ0) is 18.6. The minimum absolute atomic E-state index is 0.0132. The Morgan fingerprint density at radius 3 is 2.67 bits per heavy atom. The third kappa shape index (κ3) is 4.45. The molecule has 150 valence electrons. The molecular weight excluding hydrogens is 364 g/mol. The molecule has 4 rings (SSSR count). The van der Waals surface area contributed by atoms with E-state index < -0.39 is 0 Å². The smallest absolute Gasteiger partial charge is 0.227 e. The summed E-state index contributed by atoms with van der Waals surface area (Å²) < 4.78 is 5.38. The van der Waals surface area contributed by atoms with Gasteiger partial charge in [-0.2, -0.15) is 0 Å². The number of carbonyl (C=O) groups is 1. The summed E-state index contributed by atoms with van der Waals surface area (Å²) in [7, 11) is 0. The van der Waals surface area contributed by atoms with Crippen LogP contribution in [0.15, 0.2) is 5.38 Å². The van der Waals surface area contributed by atoms with Crippen LogP contribution in [0.3, 0.4) is 0 Å². The number of carbonyl (C=O) groups excluding carboxylic acids is 1. The largest absolute Gasteiger partial charge is 0.390 e. The summed E-state index contributed by atoms with van der Waals surface area (Å²) in [6.07, 6.45) is 4.38. The fourth-order valence-corrected chi connectivity index (χ4v) is 5.39. The van der Waals surface area contributed by atoms with Crippen LogP contribution in [0.5, 0.6) is 0 Å². The predicted octanol–water partition coefficient (Wildman–Crippen LogP) is 1.18. The lowest BCUT2D eigenvalue weighted by molar-refractivity contribution is -0.141. The zero-order valence-electron chi connectivity index (χ0n) is 15.9. The van der Waals surface area contributed by atoms with E-state index >= 15 is 0 Å². The predicted molar refractivity (Wildman–Crippen MR) is 105 cm³/mol. The molecule has 1 aromatic heterocycles. The van der Waals surface area contributed by atoms with Gasteiger partial charge in [-0.1, -0.05) is 0 Å². The van der Waals surface area contributed by atoms with Crippen molar-refractivity contribution >= 4 is 22.4 Å². The number of ether oxygens (including phenoxy) is 1. The number of thiazole rings is 1. The Morgan fingerprint density at radius 2 is 1.96 bits per heavy atom. The average molecular weight is 395 g/mol. The molecule has 1 atom stereocenters. The van der Waals surface area contributed by atoms with Crippen molar-refractivity contribution in [2.45, 2.75) is 38.3 Å². The van der Waals surface area contributed by atoms with Crippen molar-refractivity contribution < 1.29 is 14.6 Å². The van der Waals surface area contributed by atoms with Gasteiger partial charge in [-0.15, -0.1) is 11.3 Å². The van der Waals surface area contributed by atoms with Crippen molar-refractivity contribution in [1.29, 1.82) is 0 Å². The quantitative estimate of drug-likeness (QED) is 0.827. The van der Waals surface area contributed by atoms with Crippen LogP contribution in [0, 0.1) is 5.92 Å². The molecule has 3 aliphatic heterocycles. The Hall–Kier alpha value is -1.22. The van der Waals surface area contributed by atoms with Gasteiger partial charge in [0.05, 0.1) is 31.4 Å². The summed E-state index contributed by atoms with van der Waals surface area (Å²) in [5.74, 6) is 0.487. The number of piperidine rings is 2. The lowest BCUT2D eigenvalue weighted by Crippen LogP contribution is -2.52. The van der Waals surface area contributed by atoms with Crippen molar-refractivity contribution in [2.75, 3.05) is 57.4 Å². The van der Waals surface area contributed by atoms with Gasteiger partial charge in [0.1, 0.15) is 0 Å². The van der Waals surface area contributed by atoms with E-state index in [4.69, 9.17) is 4.74 Å². The molecule has 4 heterocycles. The van der Waals surface area contributed by atoms with E-state index in [9.17, 15) is 9.90 Å². The molecule has 7 nitrogen and oxygen atoms in total. The standard InChI is InChI=1S/C19H30N4O3S/c24-13-16-14-27-19(20-16)22-6-3-17(4-7-22)23-5-1-2-15(12-23)18(25)21-8-10-26-11-9-21/h14-15,17,24H,1-13H2. The monoisotopic (exact) mass is 394 g/mol. The third-order valence-corrected chi connectivity index (χ3v) is 7.03. The van der Waals surface area contributed by atoms with Gasteiger partial charge in [0, 0.05) is 44.1 Å². The van der Waals surface area contributed by atoms with Crippen molar-refractivity contribution in [3.8, 4) is 0 Å². The summed E-state index contributed by atoms with van der Waals surface area (Å²) in [6.45, 7) is 6.89. The number of rotatable bonds is 4. The van der Waals surface area contributed by atoms with Crippen LogP contribution in [-0.4, -0.2) is 84.3 Å². The zero-order valence-corrected chi connectivity index (χ0v) is 16.7. The minimum Gasteiger partial charge on any atom is -0.390 e. The number of anilines is 1. The summed E-state index contributed by atoms with van der Waals surface area (Å²) in [5.41, 5.74) is 0.762. The Bertz CT molecular complexity index is 626. The first-order valence-corrected chi connectivity index (χ1v) is 11.0. The molecule has 1 N–H and O–H groups in total. The Kier molecular flexibility index (Phi) is 6.27. The Balaban J connectivity index is 1.29. The number of morpholine rings is 1. The molecule has 8 heteroatoms. The van der Waals surface area contributed by atoms with Crippen LogP contribution in [0.1, 0.15) is 31.4 Å². The third-order valence-electron chi connectivity index (χ3n) is 6.08. The fraction of sp³-hybridized carbons (Fsp3) is 0.789. The summed E-state index contributed by atoms with van der Waals surface area (Å²) in [4.78, 5) is 24.3. The first-order valence-electron chi connectivity index (χ1n) is 10.2. The van der Waals surface area contributed by atoms with Crippen molar-refractivity contribution in [1.82, 2.24) is 14.8 Å². The van der Waals surface area contributed by atoms with Gasteiger partial charge in [0.25, 0.3) is 0 Å². The lowest BCUT2D eigenvalue weighted by Gasteiger charge is -2.43. The van der Waals surface area contributed by atoms with Gasteiger partial charge in [0.15, 0.2) is 5.13 Å². The van der Waals surface area contributed by atoms with Gasteiger partial charge < -0.3 is 19.6 Å². The van der Waals surface area contributed by atoms with Crippen molar-refractivity contribution in [3.05, 3.63) is 11.1 Å². The summed E-state index contributed by atoms with van der Waals surface area (Å²) in [5, 5.41) is 12.2. The molecule has 3 saturated heterocycles. The molecule has 1 unspecified atom stereocenters. The molecule has 1 aromatic rings. The number of aromatic nitrogens is 1. The van der Waals surface area contributed by atoms with Gasteiger partial charge >= 0.3 is 0 Å². The highest BCUT2D eigenvalue weighted by Crippen LogP contribution is 2.28. The van der Waals surface area contributed by atoms with Crippen LogP contribution in [0.25, 0.3) is 0 Å². The molecule has 3 aliphatic rings. The molecule has 0 radical (unpaired) electrons.